The van der Waals surface area contributed by atoms with Crippen molar-refractivity contribution in [2.75, 3.05) is 6.54 Å². The summed E-state index contributed by atoms with van der Waals surface area (Å²) in [5.41, 5.74) is 0. The number of hydrogen-bond acceptors (Lipinski definition) is 3. The second-order valence-corrected chi connectivity index (χ2v) is 4.87. The third kappa shape index (κ3) is 2.39. The monoisotopic (exact) mass is 243 g/mol. The minimum atomic E-state index is -2.93. The van der Waals surface area contributed by atoms with E-state index in [0.29, 0.717) is 6.42 Å². The molecule has 2 aliphatic rings. The number of carbonyl (C=O) groups excluding carboxylic acids is 1. The van der Waals surface area contributed by atoms with Gasteiger partial charge in [-0.05, 0) is 19.8 Å². The Balaban J connectivity index is 2.07. The van der Waals surface area contributed by atoms with Crippen LogP contribution < -0.4 is 5.32 Å². The molecule has 2 fully saturated rings. The van der Waals surface area contributed by atoms with Crippen LogP contribution in [0.5, 0.6) is 0 Å². The van der Waals surface area contributed by atoms with Crippen LogP contribution in [0.2, 0.25) is 0 Å². The average molecular weight is 243 g/mol. The summed E-state index contributed by atoms with van der Waals surface area (Å²) in [5.74, 6) is -3.29. The number of nitrogens with one attached hydrogen (secondary N) is 1. The highest BCUT2D eigenvalue weighted by Gasteiger charge is 2.48. The van der Waals surface area contributed by atoms with Crippen LogP contribution >= 0.6 is 0 Å². The van der Waals surface area contributed by atoms with E-state index in [2.05, 4.69) is 5.32 Å². The predicted octanol–water partition coefficient (Wildman–Crippen LogP) is 0.887. The van der Waals surface area contributed by atoms with Crippen molar-refractivity contribution in [2.24, 2.45) is 0 Å². The standard InChI is InChI=1S/C11H15F2N3O/c1-7-2-3-9(15-7)10(17)16-6-11(12,13)4-8(16)5-14/h7-9,15H,2-4,6H2,1H3/t7-,8-,9-/m0/s1. The smallest absolute Gasteiger partial charge is 0.268 e. The third-order valence-electron chi connectivity index (χ3n) is 3.37. The molecule has 4 nitrogen and oxygen atoms in total. The van der Waals surface area contributed by atoms with Crippen LogP contribution in [0, 0.1) is 11.3 Å². The first kappa shape index (κ1) is 12.2. The Labute approximate surface area is 98.6 Å². The fourth-order valence-electron chi connectivity index (χ4n) is 2.49. The van der Waals surface area contributed by atoms with Crippen LogP contribution in [0.25, 0.3) is 0 Å². The molecule has 2 aliphatic heterocycles. The summed E-state index contributed by atoms with van der Waals surface area (Å²) in [6.45, 7) is 1.32. The van der Waals surface area contributed by atoms with Gasteiger partial charge in [0, 0.05) is 12.5 Å². The van der Waals surface area contributed by atoms with Gasteiger partial charge in [0.15, 0.2) is 0 Å². The summed E-state index contributed by atoms with van der Waals surface area (Å²) < 4.78 is 26.4. The molecule has 0 radical (unpaired) electrons. The molecule has 1 amide bonds. The van der Waals surface area contributed by atoms with Crippen LogP contribution in [0.1, 0.15) is 26.2 Å². The molecule has 3 atom stereocenters. The summed E-state index contributed by atoms with van der Waals surface area (Å²) in [7, 11) is 0. The van der Waals surface area contributed by atoms with E-state index in [0.717, 1.165) is 11.3 Å². The van der Waals surface area contributed by atoms with Crippen molar-refractivity contribution >= 4 is 5.91 Å². The molecule has 0 aromatic carbocycles. The van der Waals surface area contributed by atoms with Crippen LogP contribution in [-0.4, -0.2) is 41.4 Å². The van der Waals surface area contributed by atoms with Crippen LogP contribution in [0.3, 0.4) is 0 Å². The lowest BCUT2D eigenvalue weighted by Gasteiger charge is -2.23. The zero-order valence-corrected chi connectivity index (χ0v) is 9.62. The minimum Gasteiger partial charge on any atom is -0.319 e. The molecule has 2 rings (SSSR count). The van der Waals surface area contributed by atoms with E-state index in [1.165, 1.54) is 0 Å². The van der Waals surface area contributed by atoms with E-state index in [4.69, 9.17) is 5.26 Å². The SMILES string of the molecule is C[C@H]1CC[C@@H](C(=O)N2CC(F)(F)C[C@H]2C#N)N1. The van der Waals surface area contributed by atoms with Gasteiger partial charge in [0.2, 0.25) is 5.91 Å². The Bertz CT molecular complexity index is 366. The summed E-state index contributed by atoms with van der Waals surface area (Å²) in [6.07, 6.45) is 0.968. The molecule has 0 saturated carbocycles. The van der Waals surface area contributed by atoms with Crippen molar-refractivity contribution in [3.63, 3.8) is 0 Å². The maximum Gasteiger partial charge on any atom is 0.268 e. The van der Waals surface area contributed by atoms with Crippen molar-refractivity contribution < 1.29 is 13.6 Å². The highest BCUT2D eigenvalue weighted by atomic mass is 19.3. The van der Waals surface area contributed by atoms with E-state index in [-0.39, 0.29) is 11.9 Å². The first-order valence-corrected chi connectivity index (χ1v) is 5.77. The van der Waals surface area contributed by atoms with E-state index in [1.807, 2.05) is 6.92 Å². The number of rotatable bonds is 1. The number of alkyl halides is 2. The lowest BCUT2D eigenvalue weighted by Crippen LogP contribution is -2.47. The van der Waals surface area contributed by atoms with E-state index < -0.39 is 31.0 Å². The summed E-state index contributed by atoms with van der Waals surface area (Å²) >= 11 is 0. The maximum atomic E-state index is 13.2. The Morgan fingerprint density at radius 3 is 2.76 bits per heavy atom. The quantitative estimate of drug-likeness (QED) is 0.744. The Morgan fingerprint density at radius 1 is 1.53 bits per heavy atom. The first-order valence-electron chi connectivity index (χ1n) is 5.77. The molecule has 2 heterocycles. The normalized spacial score (nSPS) is 35.9. The number of nitrogens with zero attached hydrogens (tertiary/aromatic N) is 2. The molecule has 6 heteroatoms. The summed E-state index contributed by atoms with van der Waals surface area (Å²) in [5, 5.41) is 11.9. The molecule has 0 aromatic rings. The molecule has 1 N–H and O–H groups in total. The predicted molar refractivity (Wildman–Crippen MR) is 56.3 cm³/mol. The van der Waals surface area contributed by atoms with Gasteiger partial charge in [0.1, 0.15) is 6.04 Å². The first-order chi connectivity index (χ1) is 7.93. The lowest BCUT2D eigenvalue weighted by atomic mass is 10.1. The Hall–Kier alpha value is -1.22. The van der Waals surface area contributed by atoms with Gasteiger partial charge < -0.3 is 10.2 Å². The third-order valence-corrected chi connectivity index (χ3v) is 3.37. The molecule has 2 saturated heterocycles. The van der Waals surface area contributed by atoms with Gasteiger partial charge in [-0.3, -0.25) is 4.79 Å². The van der Waals surface area contributed by atoms with Gasteiger partial charge in [-0.15, -0.1) is 0 Å². The van der Waals surface area contributed by atoms with Crippen molar-refractivity contribution in [2.45, 2.75) is 50.2 Å². The zero-order valence-electron chi connectivity index (χ0n) is 9.62. The highest BCUT2D eigenvalue weighted by molar-refractivity contribution is 5.83. The van der Waals surface area contributed by atoms with Gasteiger partial charge in [-0.1, -0.05) is 0 Å². The second-order valence-electron chi connectivity index (χ2n) is 4.87. The number of halogens is 2. The van der Waals surface area contributed by atoms with E-state index >= 15 is 0 Å². The fourth-order valence-corrected chi connectivity index (χ4v) is 2.49. The van der Waals surface area contributed by atoms with Gasteiger partial charge in [-0.2, -0.15) is 5.26 Å². The summed E-state index contributed by atoms with van der Waals surface area (Å²) in [6, 6.07) is 0.614. The summed E-state index contributed by atoms with van der Waals surface area (Å²) in [4.78, 5) is 13.1. The topological polar surface area (TPSA) is 56.1 Å². The van der Waals surface area contributed by atoms with Crippen LogP contribution in [0.15, 0.2) is 0 Å². The van der Waals surface area contributed by atoms with Crippen molar-refractivity contribution in [1.82, 2.24) is 10.2 Å². The van der Waals surface area contributed by atoms with Crippen molar-refractivity contribution in [1.29, 1.82) is 5.26 Å². The molecule has 0 bridgehead atoms. The molecule has 94 valence electrons. The van der Waals surface area contributed by atoms with E-state index in [9.17, 15) is 13.6 Å². The zero-order chi connectivity index (χ0) is 12.6. The second kappa shape index (κ2) is 4.22. The number of hydrogen-bond donors (Lipinski definition) is 1. The molecule has 0 spiro atoms. The Kier molecular flexibility index (Phi) is 3.04. The van der Waals surface area contributed by atoms with Crippen molar-refractivity contribution in [3.05, 3.63) is 0 Å². The average Bonchev–Trinajstić information content (AvgIpc) is 2.80. The number of likely N-dealkylation sites (tertiary alicyclic amines) is 1. The highest BCUT2D eigenvalue weighted by Crippen LogP contribution is 2.32. The van der Waals surface area contributed by atoms with Gasteiger partial charge in [-0.25, -0.2) is 8.78 Å². The molecule has 0 aliphatic carbocycles. The minimum absolute atomic E-state index is 0.229. The molecule has 0 unspecified atom stereocenters. The fraction of sp³-hybridized carbons (Fsp3) is 0.818. The molecular formula is C11H15F2N3O. The van der Waals surface area contributed by atoms with Crippen molar-refractivity contribution in [3.8, 4) is 6.07 Å². The van der Waals surface area contributed by atoms with Gasteiger partial charge in [0.25, 0.3) is 5.92 Å². The number of amides is 1. The molecule has 17 heavy (non-hydrogen) atoms. The number of carbonyl (C=O) groups is 1. The van der Waals surface area contributed by atoms with Gasteiger partial charge in [0.05, 0.1) is 18.7 Å². The molecular weight excluding hydrogens is 228 g/mol. The largest absolute Gasteiger partial charge is 0.319 e. The Morgan fingerprint density at radius 2 is 2.24 bits per heavy atom. The molecule has 0 aromatic heterocycles. The van der Waals surface area contributed by atoms with Crippen LogP contribution in [0.4, 0.5) is 8.78 Å². The van der Waals surface area contributed by atoms with E-state index in [1.54, 1.807) is 6.07 Å². The van der Waals surface area contributed by atoms with Crippen LogP contribution in [-0.2, 0) is 4.79 Å². The maximum absolute atomic E-state index is 13.2. The number of nitriles is 1. The van der Waals surface area contributed by atoms with Gasteiger partial charge >= 0.3 is 0 Å². The lowest BCUT2D eigenvalue weighted by molar-refractivity contribution is -0.134.